The Balaban J connectivity index is 2.12. The van der Waals surface area contributed by atoms with Crippen LogP contribution in [-0.2, 0) is 0 Å². The Bertz CT molecular complexity index is 656. The first-order valence-electron chi connectivity index (χ1n) is 6.59. The van der Waals surface area contributed by atoms with Crippen molar-refractivity contribution in [1.82, 2.24) is 4.98 Å². The molecule has 0 aliphatic heterocycles. The highest BCUT2D eigenvalue weighted by Gasteiger charge is 2.16. The van der Waals surface area contributed by atoms with Crippen LogP contribution in [0.15, 0.2) is 22.7 Å². The minimum absolute atomic E-state index is 0.245. The van der Waals surface area contributed by atoms with Gasteiger partial charge in [-0.25, -0.2) is 4.98 Å². The molecule has 5 nitrogen and oxygen atoms in total. The van der Waals surface area contributed by atoms with Crippen molar-refractivity contribution in [2.24, 2.45) is 0 Å². The van der Waals surface area contributed by atoms with E-state index in [4.69, 9.17) is 5.73 Å². The van der Waals surface area contributed by atoms with Crippen molar-refractivity contribution < 1.29 is 4.79 Å². The van der Waals surface area contributed by atoms with Crippen LogP contribution in [0, 0.1) is 6.92 Å². The first-order valence-corrected chi connectivity index (χ1v) is 8.20. The summed E-state index contributed by atoms with van der Waals surface area (Å²) in [5, 5.41) is 6.63. The number of carbonyl (C=O) groups excluding carboxylic acids is 1. The smallest absolute Gasteiger partial charge is 0.269 e. The Morgan fingerprint density at radius 2 is 2.24 bits per heavy atom. The average molecular weight is 369 g/mol. The highest BCUT2D eigenvalue weighted by Crippen LogP contribution is 2.27. The number of halogens is 1. The summed E-state index contributed by atoms with van der Waals surface area (Å²) in [7, 11) is 0. The van der Waals surface area contributed by atoms with Crippen molar-refractivity contribution in [2.45, 2.75) is 20.3 Å². The lowest BCUT2D eigenvalue weighted by Crippen LogP contribution is -2.12. The summed E-state index contributed by atoms with van der Waals surface area (Å²) in [6.07, 6.45) is 0.985. The van der Waals surface area contributed by atoms with Crippen molar-refractivity contribution >= 4 is 49.8 Å². The van der Waals surface area contributed by atoms with E-state index in [1.807, 2.05) is 25.1 Å². The van der Waals surface area contributed by atoms with Crippen LogP contribution in [0.1, 0.15) is 28.6 Å². The molecule has 2 rings (SSSR count). The summed E-state index contributed by atoms with van der Waals surface area (Å²) >= 11 is 4.71. The van der Waals surface area contributed by atoms with Gasteiger partial charge in [-0.3, -0.25) is 4.79 Å². The Labute approximate surface area is 136 Å². The van der Waals surface area contributed by atoms with E-state index >= 15 is 0 Å². The summed E-state index contributed by atoms with van der Waals surface area (Å²) in [6.45, 7) is 4.86. The molecule has 0 saturated carbocycles. The fourth-order valence-corrected chi connectivity index (χ4v) is 2.84. The minimum atomic E-state index is -0.245. The molecule has 1 aromatic carbocycles. The zero-order valence-corrected chi connectivity index (χ0v) is 14.3. The number of nitrogens with two attached hydrogens (primary N) is 1. The van der Waals surface area contributed by atoms with Crippen LogP contribution in [0.25, 0.3) is 0 Å². The van der Waals surface area contributed by atoms with E-state index < -0.39 is 0 Å². The molecular formula is C14H17BrN4OS. The topological polar surface area (TPSA) is 80.0 Å². The molecule has 0 saturated heterocycles. The molecule has 0 radical (unpaired) electrons. The van der Waals surface area contributed by atoms with Crippen molar-refractivity contribution in [3.8, 4) is 0 Å². The number of nitrogens with zero attached hydrogens (tertiary/aromatic N) is 1. The predicted molar refractivity (Wildman–Crippen MR) is 92.1 cm³/mol. The van der Waals surface area contributed by atoms with Crippen LogP contribution in [0.3, 0.4) is 0 Å². The number of nitrogen functional groups attached to an aromatic ring is 1. The zero-order valence-electron chi connectivity index (χ0n) is 11.9. The molecule has 1 aromatic heterocycles. The third-order valence-corrected chi connectivity index (χ3v) is 4.70. The molecule has 0 aliphatic carbocycles. The number of amides is 1. The first kappa shape index (κ1) is 15.8. The summed E-state index contributed by atoms with van der Waals surface area (Å²) in [5.74, 6) is 0.00702. The lowest BCUT2D eigenvalue weighted by Gasteiger charge is -2.06. The fourth-order valence-electron chi connectivity index (χ4n) is 1.66. The Kier molecular flexibility index (Phi) is 5.19. The number of rotatable bonds is 5. The fraction of sp³-hybridized carbons (Fsp3) is 0.286. The lowest BCUT2D eigenvalue weighted by molar-refractivity contribution is 0.103. The molecule has 0 bridgehead atoms. The molecule has 4 N–H and O–H groups in total. The molecule has 2 aromatic rings. The van der Waals surface area contributed by atoms with Gasteiger partial charge < -0.3 is 16.4 Å². The van der Waals surface area contributed by atoms with Crippen molar-refractivity contribution in [2.75, 3.05) is 22.9 Å². The Morgan fingerprint density at radius 3 is 2.90 bits per heavy atom. The van der Waals surface area contributed by atoms with Crippen LogP contribution in [0.4, 0.5) is 16.6 Å². The van der Waals surface area contributed by atoms with Crippen molar-refractivity contribution in [3.63, 3.8) is 0 Å². The second-order valence-corrected chi connectivity index (χ2v) is 6.43. The SMILES string of the molecule is CCCNc1nc(N)c(C(=O)Nc2ccc(C)c(Br)c2)s1. The number of benzene rings is 1. The van der Waals surface area contributed by atoms with Gasteiger partial charge in [-0.2, -0.15) is 0 Å². The quantitative estimate of drug-likeness (QED) is 0.748. The largest absolute Gasteiger partial charge is 0.382 e. The van der Waals surface area contributed by atoms with E-state index in [0.717, 1.165) is 23.0 Å². The third kappa shape index (κ3) is 3.95. The average Bonchev–Trinajstić information content (AvgIpc) is 2.82. The Morgan fingerprint density at radius 1 is 1.48 bits per heavy atom. The number of aryl methyl sites for hydroxylation is 1. The lowest BCUT2D eigenvalue weighted by atomic mass is 10.2. The van der Waals surface area contributed by atoms with Gasteiger partial charge in [0.2, 0.25) is 0 Å². The van der Waals surface area contributed by atoms with Crippen molar-refractivity contribution in [1.29, 1.82) is 0 Å². The van der Waals surface area contributed by atoms with Gasteiger partial charge in [-0.05, 0) is 31.0 Å². The second-order valence-electron chi connectivity index (χ2n) is 4.58. The maximum absolute atomic E-state index is 12.3. The number of aromatic nitrogens is 1. The molecular weight excluding hydrogens is 352 g/mol. The van der Waals surface area contributed by atoms with Crippen LogP contribution < -0.4 is 16.4 Å². The first-order chi connectivity index (χ1) is 10.0. The van der Waals surface area contributed by atoms with Crippen molar-refractivity contribution in [3.05, 3.63) is 33.1 Å². The molecule has 1 amide bonds. The number of anilines is 3. The van der Waals surface area contributed by atoms with E-state index in [-0.39, 0.29) is 11.7 Å². The van der Waals surface area contributed by atoms with E-state index in [1.54, 1.807) is 0 Å². The van der Waals surface area contributed by atoms with Gasteiger partial charge in [0, 0.05) is 16.7 Å². The van der Waals surface area contributed by atoms with Gasteiger partial charge in [-0.1, -0.05) is 40.3 Å². The van der Waals surface area contributed by atoms with Gasteiger partial charge >= 0.3 is 0 Å². The maximum atomic E-state index is 12.3. The highest BCUT2D eigenvalue weighted by atomic mass is 79.9. The summed E-state index contributed by atoms with van der Waals surface area (Å²) < 4.78 is 0.947. The highest BCUT2D eigenvalue weighted by molar-refractivity contribution is 9.10. The molecule has 1 heterocycles. The standard InChI is InChI=1S/C14H17BrN4OS/c1-3-6-17-14-19-12(16)11(21-14)13(20)18-9-5-4-8(2)10(15)7-9/h4-5,7H,3,6,16H2,1-2H3,(H,17,19)(H,18,20). The molecule has 112 valence electrons. The molecule has 21 heavy (non-hydrogen) atoms. The number of hydrogen-bond donors (Lipinski definition) is 3. The normalized spacial score (nSPS) is 10.4. The maximum Gasteiger partial charge on any atom is 0.269 e. The Hall–Kier alpha value is -1.60. The molecule has 7 heteroatoms. The number of carbonyl (C=O) groups is 1. The molecule has 0 atom stereocenters. The summed E-state index contributed by atoms with van der Waals surface area (Å²) in [4.78, 5) is 16.8. The van der Waals surface area contributed by atoms with Crippen LogP contribution in [0.2, 0.25) is 0 Å². The zero-order chi connectivity index (χ0) is 15.4. The van der Waals surface area contributed by atoms with Gasteiger partial charge in [0.05, 0.1) is 0 Å². The van der Waals surface area contributed by atoms with Crippen LogP contribution >= 0.6 is 27.3 Å². The van der Waals surface area contributed by atoms with Gasteiger partial charge in [0.25, 0.3) is 5.91 Å². The van der Waals surface area contributed by atoms with E-state index in [9.17, 15) is 4.79 Å². The summed E-state index contributed by atoms with van der Waals surface area (Å²) in [5.41, 5.74) is 7.63. The molecule has 0 fully saturated rings. The van der Waals surface area contributed by atoms with Gasteiger partial charge in [0.1, 0.15) is 10.7 Å². The van der Waals surface area contributed by atoms with Crippen LogP contribution in [0.5, 0.6) is 0 Å². The number of thiazole rings is 1. The molecule has 0 unspecified atom stereocenters. The number of nitrogens with one attached hydrogen (secondary N) is 2. The summed E-state index contributed by atoms with van der Waals surface area (Å²) in [6, 6.07) is 5.65. The monoisotopic (exact) mass is 368 g/mol. The van der Waals surface area contributed by atoms with Gasteiger partial charge in [-0.15, -0.1) is 0 Å². The minimum Gasteiger partial charge on any atom is -0.382 e. The van der Waals surface area contributed by atoms with Gasteiger partial charge in [0.15, 0.2) is 5.13 Å². The molecule has 0 aliphatic rings. The van der Waals surface area contributed by atoms with E-state index in [0.29, 0.717) is 15.7 Å². The van der Waals surface area contributed by atoms with Crippen LogP contribution in [-0.4, -0.2) is 17.4 Å². The molecule has 0 spiro atoms. The number of hydrogen-bond acceptors (Lipinski definition) is 5. The predicted octanol–water partition coefficient (Wildman–Crippen LogP) is 3.87. The third-order valence-electron chi connectivity index (χ3n) is 2.82. The van der Waals surface area contributed by atoms with E-state index in [2.05, 4.69) is 38.5 Å². The second kappa shape index (κ2) is 6.91. The van der Waals surface area contributed by atoms with E-state index in [1.165, 1.54) is 11.3 Å².